The van der Waals surface area contributed by atoms with Crippen LogP contribution in [0, 0.1) is 11.7 Å². The summed E-state index contributed by atoms with van der Waals surface area (Å²) in [6.45, 7) is 5.46. The van der Waals surface area contributed by atoms with E-state index >= 15 is 0 Å². The Hall–Kier alpha value is -1.42. The van der Waals surface area contributed by atoms with Gasteiger partial charge in [0.15, 0.2) is 0 Å². The maximum absolute atomic E-state index is 12.9. The van der Waals surface area contributed by atoms with Gasteiger partial charge in [0, 0.05) is 13.1 Å². The van der Waals surface area contributed by atoms with Crippen LogP contribution >= 0.6 is 0 Å². The maximum Gasteiger partial charge on any atom is 0.308 e. The summed E-state index contributed by atoms with van der Waals surface area (Å²) >= 11 is 0. The van der Waals surface area contributed by atoms with E-state index in [1.165, 1.54) is 12.1 Å². The molecule has 0 spiro atoms. The number of rotatable bonds is 8. The molecule has 1 aromatic rings. The molecule has 1 N–H and O–H groups in total. The first-order valence-electron chi connectivity index (χ1n) is 6.79. The quantitative estimate of drug-likeness (QED) is 0.581. The third-order valence-corrected chi connectivity index (χ3v) is 3.06. The van der Waals surface area contributed by atoms with Gasteiger partial charge in [-0.05, 0) is 30.5 Å². The minimum Gasteiger partial charge on any atom is -0.464 e. The van der Waals surface area contributed by atoms with E-state index in [0.29, 0.717) is 19.7 Å². The van der Waals surface area contributed by atoms with Gasteiger partial charge in [0.1, 0.15) is 12.4 Å². The van der Waals surface area contributed by atoms with Crippen LogP contribution in [0.5, 0.6) is 0 Å². The average molecular weight is 267 g/mol. The van der Waals surface area contributed by atoms with Crippen molar-refractivity contribution in [2.24, 2.45) is 5.92 Å². The molecule has 106 valence electrons. The van der Waals surface area contributed by atoms with Crippen LogP contribution in [0.3, 0.4) is 0 Å². The van der Waals surface area contributed by atoms with Crippen LogP contribution in [0.1, 0.15) is 32.3 Å². The van der Waals surface area contributed by atoms with Crippen LogP contribution in [-0.2, 0) is 16.1 Å². The first kappa shape index (κ1) is 15.6. The largest absolute Gasteiger partial charge is 0.464 e. The summed E-state index contributed by atoms with van der Waals surface area (Å²) < 4.78 is 18.1. The van der Waals surface area contributed by atoms with Gasteiger partial charge in [0.2, 0.25) is 0 Å². The summed E-state index contributed by atoms with van der Waals surface area (Å²) in [5.41, 5.74) is 0.881. The molecule has 1 aromatic carbocycles. The molecule has 0 radical (unpaired) electrons. The van der Waals surface area contributed by atoms with E-state index in [4.69, 9.17) is 4.74 Å². The Morgan fingerprint density at radius 2 is 2.11 bits per heavy atom. The average Bonchev–Trinajstić information content (AvgIpc) is 2.40. The van der Waals surface area contributed by atoms with Gasteiger partial charge in [-0.1, -0.05) is 26.0 Å². The topological polar surface area (TPSA) is 38.3 Å². The van der Waals surface area contributed by atoms with Gasteiger partial charge in [-0.25, -0.2) is 4.39 Å². The normalized spacial score (nSPS) is 10.7. The minimum absolute atomic E-state index is 0.00298. The summed E-state index contributed by atoms with van der Waals surface area (Å²) in [6, 6.07) is 6.44. The van der Waals surface area contributed by atoms with Gasteiger partial charge in [0.05, 0.1) is 5.92 Å². The number of halogens is 1. The van der Waals surface area contributed by atoms with Crippen LogP contribution in [0.25, 0.3) is 0 Å². The zero-order chi connectivity index (χ0) is 14.1. The van der Waals surface area contributed by atoms with E-state index in [9.17, 15) is 9.18 Å². The third-order valence-electron chi connectivity index (χ3n) is 3.06. The van der Waals surface area contributed by atoms with Crippen molar-refractivity contribution in [2.75, 3.05) is 13.2 Å². The number of nitrogens with one attached hydrogen (secondary N) is 1. The molecule has 0 saturated heterocycles. The lowest BCUT2D eigenvalue weighted by atomic mass is 10.0. The van der Waals surface area contributed by atoms with E-state index in [0.717, 1.165) is 18.4 Å². The highest BCUT2D eigenvalue weighted by Crippen LogP contribution is 2.09. The number of benzene rings is 1. The predicted molar refractivity (Wildman–Crippen MR) is 73.1 cm³/mol. The maximum atomic E-state index is 12.9. The van der Waals surface area contributed by atoms with Crippen molar-refractivity contribution in [3.05, 3.63) is 35.6 Å². The van der Waals surface area contributed by atoms with E-state index in [-0.39, 0.29) is 17.7 Å². The Balaban J connectivity index is 2.16. The lowest BCUT2D eigenvalue weighted by molar-refractivity contribution is -0.148. The fraction of sp³-hybridized carbons (Fsp3) is 0.533. The van der Waals surface area contributed by atoms with E-state index in [2.05, 4.69) is 5.32 Å². The van der Waals surface area contributed by atoms with Crippen molar-refractivity contribution in [1.82, 2.24) is 5.32 Å². The zero-order valence-electron chi connectivity index (χ0n) is 11.6. The Bertz CT molecular complexity index is 391. The highest BCUT2D eigenvalue weighted by molar-refractivity contribution is 5.72. The van der Waals surface area contributed by atoms with Crippen molar-refractivity contribution < 1.29 is 13.9 Å². The molecule has 1 rings (SSSR count). The molecular weight excluding hydrogens is 245 g/mol. The van der Waals surface area contributed by atoms with Crippen LogP contribution in [-0.4, -0.2) is 19.1 Å². The number of esters is 1. The molecule has 19 heavy (non-hydrogen) atoms. The molecular formula is C15H22FNO2. The molecule has 0 aliphatic heterocycles. The van der Waals surface area contributed by atoms with Crippen LogP contribution < -0.4 is 5.32 Å². The molecule has 0 aliphatic rings. The first-order chi connectivity index (χ1) is 9.17. The Labute approximate surface area is 114 Å². The molecule has 0 heterocycles. The fourth-order valence-corrected chi connectivity index (χ4v) is 1.84. The second-order valence-electron chi connectivity index (χ2n) is 4.49. The molecule has 0 unspecified atom stereocenters. The predicted octanol–water partition coefficient (Wildman–Crippen LogP) is 2.89. The number of carbonyl (C=O) groups is 1. The second kappa shape index (κ2) is 8.64. The molecule has 3 nitrogen and oxygen atoms in total. The molecule has 0 bridgehead atoms. The lowest BCUT2D eigenvalue weighted by Crippen LogP contribution is -2.24. The number of carbonyl (C=O) groups excluding carboxylic acids is 1. The Morgan fingerprint density at radius 1 is 1.37 bits per heavy atom. The number of ether oxygens (including phenoxy) is 1. The SMILES string of the molecule is CCC(CC)C(=O)OCCNCc1cccc(F)c1. The van der Waals surface area contributed by atoms with E-state index < -0.39 is 0 Å². The van der Waals surface area contributed by atoms with Crippen molar-refractivity contribution in [1.29, 1.82) is 0 Å². The molecule has 0 atom stereocenters. The van der Waals surface area contributed by atoms with Crippen molar-refractivity contribution >= 4 is 5.97 Å². The van der Waals surface area contributed by atoms with Crippen molar-refractivity contribution in [3.8, 4) is 0 Å². The third kappa shape index (κ3) is 5.83. The molecule has 0 fully saturated rings. The Kier molecular flexibility index (Phi) is 7.11. The summed E-state index contributed by atoms with van der Waals surface area (Å²) in [7, 11) is 0. The minimum atomic E-state index is -0.237. The van der Waals surface area contributed by atoms with Gasteiger partial charge in [-0.15, -0.1) is 0 Å². The summed E-state index contributed by atoms with van der Waals surface area (Å²) in [5, 5.41) is 3.12. The van der Waals surface area contributed by atoms with Crippen molar-refractivity contribution in [2.45, 2.75) is 33.2 Å². The molecule has 0 aliphatic carbocycles. The number of hydrogen-bond acceptors (Lipinski definition) is 3. The van der Waals surface area contributed by atoms with E-state index in [1.54, 1.807) is 6.07 Å². The summed E-state index contributed by atoms with van der Waals surface area (Å²) in [4.78, 5) is 11.6. The molecule has 0 aromatic heterocycles. The smallest absolute Gasteiger partial charge is 0.308 e. The lowest BCUT2D eigenvalue weighted by Gasteiger charge is -2.12. The van der Waals surface area contributed by atoms with E-state index in [1.807, 2.05) is 19.9 Å². The monoisotopic (exact) mass is 267 g/mol. The molecule has 0 amide bonds. The standard InChI is InChI=1S/C15H22FNO2/c1-3-13(4-2)15(18)19-9-8-17-11-12-6-5-7-14(16)10-12/h5-7,10,13,17H,3-4,8-9,11H2,1-2H3. The van der Waals surface area contributed by atoms with Crippen molar-refractivity contribution in [3.63, 3.8) is 0 Å². The van der Waals surface area contributed by atoms with Crippen LogP contribution in [0.4, 0.5) is 4.39 Å². The summed E-state index contributed by atoms with van der Waals surface area (Å²) in [6.07, 6.45) is 1.62. The Morgan fingerprint density at radius 3 is 2.74 bits per heavy atom. The highest BCUT2D eigenvalue weighted by atomic mass is 19.1. The van der Waals surface area contributed by atoms with Gasteiger partial charge < -0.3 is 10.1 Å². The number of hydrogen-bond donors (Lipinski definition) is 1. The first-order valence-corrected chi connectivity index (χ1v) is 6.79. The van der Waals surface area contributed by atoms with Gasteiger partial charge >= 0.3 is 5.97 Å². The van der Waals surface area contributed by atoms with Gasteiger partial charge in [0.25, 0.3) is 0 Å². The van der Waals surface area contributed by atoms with Gasteiger partial charge in [-0.3, -0.25) is 4.79 Å². The highest BCUT2D eigenvalue weighted by Gasteiger charge is 2.14. The molecule has 0 saturated carbocycles. The molecule has 4 heteroatoms. The zero-order valence-corrected chi connectivity index (χ0v) is 11.6. The second-order valence-corrected chi connectivity index (χ2v) is 4.49. The van der Waals surface area contributed by atoms with Gasteiger partial charge in [-0.2, -0.15) is 0 Å². The fourth-order valence-electron chi connectivity index (χ4n) is 1.84. The van der Waals surface area contributed by atoms with Crippen LogP contribution in [0.15, 0.2) is 24.3 Å². The van der Waals surface area contributed by atoms with Crippen LogP contribution in [0.2, 0.25) is 0 Å². The summed E-state index contributed by atoms with van der Waals surface area (Å²) in [5.74, 6) is -0.361.